The Bertz CT molecular complexity index is 471. The van der Waals surface area contributed by atoms with Crippen molar-refractivity contribution in [3.8, 4) is 6.07 Å². The molecule has 1 aliphatic rings. The van der Waals surface area contributed by atoms with Gasteiger partial charge in [-0.3, -0.25) is 0 Å². The first-order chi connectivity index (χ1) is 7.56. The minimum Gasteiger partial charge on any atom is -0.223 e. The molecule has 0 saturated heterocycles. The third-order valence-corrected chi connectivity index (χ3v) is 3.42. The molecule has 0 spiro atoms. The average molecular weight is 255 g/mol. The van der Waals surface area contributed by atoms with Crippen molar-refractivity contribution in [2.45, 2.75) is 38.5 Å². The quantitative estimate of drug-likeness (QED) is 0.740. The van der Waals surface area contributed by atoms with Gasteiger partial charge in [0.2, 0.25) is 0 Å². The van der Waals surface area contributed by atoms with E-state index in [-0.39, 0.29) is 11.1 Å². The normalized spacial score (nSPS) is 15.2. The SMILES string of the molecule is CC(C)c1c(Cl)nc(Cl)c(C#N)c1C1CC1. The van der Waals surface area contributed by atoms with Crippen LogP contribution in [0.4, 0.5) is 0 Å². The number of hydrogen-bond acceptors (Lipinski definition) is 2. The number of aromatic nitrogens is 1. The fourth-order valence-corrected chi connectivity index (χ4v) is 2.69. The van der Waals surface area contributed by atoms with Crippen molar-refractivity contribution in [3.05, 3.63) is 27.0 Å². The van der Waals surface area contributed by atoms with Crippen molar-refractivity contribution < 1.29 is 0 Å². The van der Waals surface area contributed by atoms with Crippen LogP contribution in [-0.4, -0.2) is 4.98 Å². The molecule has 1 aliphatic carbocycles. The fraction of sp³-hybridized carbons (Fsp3) is 0.500. The van der Waals surface area contributed by atoms with Crippen molar-refractivity contribution in [1.82, 2.24) is 4.98 Å². The number of hydrogen-bond donors (Lipinski definition) is 0. The molecule has 1 aromatic rings. The first-order valence-electron chi connectivity index (χ1n) is 5.35. The van der Waals surface area contributed by atoms with E-state index in [1.165, 1.54) is 0 Å². The number of pyridine rings is 1. The maximum Gasteiger partial charge on any atom is 0.148 e. The summed E-state index contributed by atoms with van der Waals surface area (Å²) in [6.07, 6.45) is 2.23. The Kier molecular flexibility index (Phi) is 3.10. The fourth-order valence-electron chi connectivity index (χ4n) is 2.01. The lowest BCUT2D eigenvalue weighted by molar-refractivity contribution is 0.831. The van der Waals surface area contributed by atoms with Crippen LogP contribution < -0.4 is 0 Å². The zero-order valence-corrected chi connectivity index (χ0v) is 10.7. The second-order valence-electron chi connectivity index (χ2n) is 4.44. The van der Waals surface area contributed by atoms with E-state index in [9.17, 15) is 0 Å². The molecule has 0 amide bonds. The lowest BCUT2D eigenvalue weighted by atomic mass is 9.93. The van der Waals surface area contributed by atoms with Gasteiger partial charge in [-0.2, -0.15) is 5.26 Å². The smallest absolute Gasteiger partial charge is 0.148 e. The van der Waals surface area contributed by atoms with E-state index in [0.29, 0.717) is 16.6 Å². The summed E-state index contributed by atoms with van der Waals surface area (Å²) in [5.41, 5.74) is 2.53. The minimum absolute atomic E-state index is 0.235. The third-order valence-electron chi connectivity index (χ3n) is 2.86. The van der Waals surface area contributed by atoms with Crippen LogP contribution >= 0.6 is 23.2 Å². The molecule has 0 atom stereocenters. The number of rotatable bonds is 2. The summed E-state index contributed by atoms with van der Waals surface area (Å²) in [5, 5.41) is 9.84. The summed E-state index contributed by atoms with van der Waals surface area (Å²) in [4.78, 5) is 4.04. The van der Waals surface area contributed by atoms with Crippen LogP contribution in [-0.2, 0) is 0 Å². The summed E-state index contributed by atoms with van der Waals surface area (Å²) in [6, 6.07) is 2.15. The van der Waals surface area contributed by atoms with Gasteiger partial charge in [0.25, 0.3) is 0 Å². The summed E-state index contributed by atoms with van der Waals surface area (Å²) < 4.78 is 0. The highest BCUT2D eigenvalue weighted by Crippen LogP contribution is 2.47. The van der Waals surface area contributed by atoms with Crippen molar-refractivity contribution in [2.75, 3.05) is 0 Å². The highest BCUT2D eigenvalue weighted by molar-refractivity contribution is 6.33. The van der Waals surface area contributed by atoms with E-state index in [2.05, 4.69) is 24.9 Å². The Balaban J connectivity index is 2.72. The molecule has 84 valence electrons. The Morgan fingerprint density at radius 3 is 2.38 bits per heavy atom. The number of nitriles is 1. The highest BCUT2D eigenvalue weighted by atomic mass is 35.5. The van der Waals surface area contributed by atoms with E-state index < -0.39 is 0 Å². The van der Waals surface area contributed by atoms with Gasteiger partial charge in [-0.15, -0.1) is 0 Å². The highest BCUT2D eigenvalue weighted by Gasteiger charge is 2.32. The molecule has 4 heteroatoms. The molecule has 1 aromatic heterocycles. The molecule has 0 N–H and O–H groups in total. The summed E-state index contributed by atoms with van der Waals surface area (Å²) in [6.45, 7) is 4.12. The first kappa shape index (κ1) is 11.7. The summed E-state index contributed by atoms with van der Waals surface area (Å²) in [7, 11) is 0. The first-order valence-corrected chi connectivity index (χ1v) is 6.10. The van der Waals surface area contributed by atoms with Gasteiger partial charge in [0.05, 0.1) is 5.56 Å². The van der Waals surface area contributed by atoms with E-state index >= 15 is 0 Å². The van der Waals surface area contributed by atoms with E-state index in [1.807, 2.05) is 0 Å². The van der Waals surface area contributed by atoms with Crippen LogP contribution in [0.3, 0.4) is 0 Å². The Labute approximate surface area is 105 Å². The van der Waals surface area contributed by atoms with E-state index in [4.69, 9.17) is 28.5 Å². The molecule has 2 nitrogen and oxygen atoms in total. The Hall–Kier alpha value is -0.780. The number of nitrogens with zero attached hydrogens (tertiary/aromatic N) is 2. The maximum absolute atomic E-state index is 9.16. The molecule has 1 saturated carbocycles. The molecular weight excluding hydrogens is 243 g/mol. The van der Waals surface area contributed by atoms with E-state index in [0.717, 1.165) is 24.0 Å². The zero-order chi connectivity index (χ0) is 11.9. The van der Waals surface area contributed by atoms with Crippen molar-refractivity contribution >= 4 is 23.2 Å². The molecule has 1 heterocycles. The van der Waals surface area contributed by atoms with Crippen LogP contribution in [0.1, 0.15) is 55.2 Å². The van der Waals surface area contributed by atoms with Crippen molar-refractivity contribution in [2.24, 2.45) is 0 Å². The van der Waals surface area contributed by atoms with Gasteiger partial charge in [-0.1, -0.05) is 37.0 Å². The van der Waals surface area contributed by atoms with Crippen LogP contribution in [0.5, 0.6) is 0 Å². The van der Waals surface area contributed by atoms with Gasteiger partial charge in [0.15, 0.2) is 0 Å². The van der Waals surface area contributed by atoms with Crippen LogP contribution in [0.2, 0.25) is 10.3 Å². The standard InChI is InChI=1S/C12H12Cl2N2/c1-6(2)9-10(7-3-4-7)8(5-15)11(13)16-12(9)14/h6-7H,3-4H2,1-2H3. The van der Waals surface area contributed by atoms with Crippen LogP contribution in [0.25, 0.3) is 0 Å². The second-order valence-corrected chi connectivity index (χ2v) is 5.15. The van der Waals surface area contributed by atoms with Gasteiger partial charge in [-0.25, -0.2) is 4.98 Å². The predicted molar refractivity (Wildman–Crippen MR) is 65.0 cm³/mol. The minimum atomic E-state index is 0.235. The van der Waals surface area contributed by atoms with Crippen LogP contribution in [0.15, 0.2) is 0 Å². The monoisotopic (exact) mass is 254 g/mol. The van der Waals surface area contributed by atoms with Gasteiger partial charge < -0.3 is 0 Å². The molecule has 0 aromatic carbocycles. The van der Waals surface area contributed by atoms with Gasteiger partial charge >= 0.3 is 0 Å². The predicted octanol–water partition coefficient (Wildman–Crippen LogP) is 4.26. The molecule has 0 radical (unpaired) electrons. The van der Waals surface area contributed by atoms with Gasteiger partial charge in [0.1, 0.15) is 16.4 Å². The Morgan fingerprint density at radius 2 is 1.94 bits per heavy atom. The average Bonchev–Trinajstić information content (AvgIpc) is 2.98. The largest absolute Gasteiger partial charge is 0.223 e. The topological polar surface area (TPSA) is 36.7 Å². The lowest BCUT2D eigenvalue weighted by Gasteiger charge is -2.16. The molecule has 0 unspecified atom stereocenters. The van der Waals surface area contributed by atoms with Gasteiger partial charge in [-0.05, 0) is 35.8 Å². The molecule has 2 rings (SSSR count). The molecule has 1 fully saturated rings. The van der Waals surface area contributed by atoms with Crippen molar-refractivity contribution in [1.29, 1.82) is 5.26 Å². The second kappa shape index (κ2) is 4.24. The maximum atomic E-state index is 9.16. The lowest BCUT2D eigenvalue weighted by Crippen LogP contribution is -2.03. The summed E-state index contributed by atoms with van der Waals surface area (Å²) >= 11 is 12.1. The zero-order valence-electron chi connectivity index (χ0n) is 9.22. The third kappa shape index (κ3) is 1.90. The molecule has 0 bridgehead atoms. The number of halogens is 2. The molecule has 0 aliphatic heterocycles. The van der Waals surface area contributed by atoms with E-state index in [1.54, 1.807) is 0 Å². The Morgan fingerprint density at radius 1 is 1.31 bits per heavy atom. The molecule has 16 heavy (non-hydrogen) atoms. The molecular formula is C12H12Cl2N2. The van der Waals surface area contributed by atoms with Crippen LogP contribution in [0, 0.1) is 11.3 Å². The van der Waals surface area contributed by atoms with Gasteiger partial charge in [0, 0.05) is 0 Å². The van der Waals surface area contributed by atoms with Crippen molar-refractivity contribution in [3.63, 3.8) is 0 Å². The summed E-state index contributed by atoms with van der Waals surface area (Å²) in [5.74, 6) is 0.713.